The molecule has 98 valence electrons. The molecule has 2 rings (SSSR count). The molecule has 0 heterocycles. The minimum atomic E-state index is -0.735. The van der Waals surface area contributed by atoms with Crippen LogP contribution < -0.4 is 5.32 Å². The first-order chi connectivity index (χ1) is 9.06. The largest absolute Gasteiger partial charge is 0.508 e. The molecule has 1 amide bonds. The zero-order valence-electron chi connectivity index (χ0n) is 10.5. The molecule has 2 aromatic carbocycles. The molecule has 0 aliphatic rings. The third-order valence-electron chi connectivity index (χ3n) is 2.77. The molecule has 0 aliphatic carbocycles. The lowest BCUT2D eigenvalue weighted by molar-refractivity contribution is 0.0947. The number of nitrogens with one attached hydrogen (secondary N) is 1. The Balaban J connectivity index is 2.03. The Labute approximate surface area is 110 Å². The number of phenols is 1. The molecule has 0 fully saturated rings. The van der Waals surface area contributed by atoms with Gasteiger partial charge in [-0.15, -0.1) is 0 Å². The van der Waals surface area contributed by atoms with Crippen molar-refractivity contribution in [3.63, 3.8) is 0 Å². The second-order valence-corrected chi connectivity index (χ2v) is 4.33. The number of phenolic OH excluding ortho intramolecular Hbond substituents is 1. The van der Waals surface area contributed by atoms with Crippen molar-refractivity contribution in [1.29, 1.82) is 0 Å². The molecule has 0 spiro atoms. The van der Waals surface area contributed by atoms with Crippen molar-refractivity contribution >= 4 is 5.91 Å². The van der Waals surface area contributed by atoms with Crippen LogP contribution in [0.3, 0.4) is 0 Å². The molecule has 0 radical (unpaired) electrons. The van der Waals surface area contributed by atoms with Crippen LogP contribution in [0.4, 0.5) is 4.39 Å². The lowest BCUT2D eigenvalue weighted by Crippen LogP contribution is -2.23. The number of benzene rings is 2. The van der Waals surface area contributed by atoms with E-state index in [-0.39, 0.29) is 11.3 Å². The van der Waals surface area contributed by atoms with Gasteiger partial charge < -0.3 is 10.4 Å². The molecule has 4 heteroatoms. The van der Waals surface area contributed by atoms with E-state index in [1.807, 2.05) is 31.2 Å². The van der Waals surface area contributed by atoms with E-state index in [1.165, 1.54) is 12.1 Å². The number of aryl methyl sites for hydroxylation is 1. The van der Waals surface area contributed by atoms with Crippen LogP contribution in [0.25, 0.3) is 0 Å². The van der Waals surface area contributed by atoms with Crippen LogP contribution in [0, 0.1) is 12.7 Å². The first kappa shape index (κ1) is 13.1. The quantitative estimate of drug-likeness (QED) is 0.890. The van der Waals surface area contributed by atoms with Gasteiger partial charge in [-0.2, -0.15) is 0 Å². The highest BCUT2D eigenvalue weighted by atomic mass is 19.1. The minimum Gasteiger partial charge on any atom is -0.508 e. The summed E-state index contributed by atoms with van der Waals surface area (Å²) in [5.74, 6) is -1.44. The third-order valence-corrected chi connectivity index (χ3v) is 2.77. The fraction of sp³-hybridized carbons (Fsp3) is 0.133. The Morgan fingerprint density at radius 2 is 1.89 bits per heavy atom. The highest BCUT2D eigenvalue weighted by Crippen LogP contribution is 2.15. The predicted octanol–water partition coefficient (Wildman–Crippen LogP) is 2.77. The molecule has 19 heavy (non-hydrogen) atoms. The maximum absolute atomic E-state index is 13.5. The van der Waals surface area contributed by atoms with Crippen LogP contribution in [-0.4, -0.2) is 11.0 Å². The summed E-state index contributed by atoms with van der Waals surface area (Å²) in [5.41, 5.74) is 2.00. The van der Waals surface area contributed by atoms with E-state index in [4.69, 9.17) is 5.11 Å². The molecule has 0 atom stereocenters. The van der Waals surface area contributed by atoms with Crippen LogP contribution in [0.15, 0.2) is 42.5 Å². The van der Waals surface area contributed by atoms with Crippen molar-refractivity contribution in [2.45, 2.75) is 13.5 Å². The molecule has 0 aromatic heterocycles. The summed E-state index contributed by atoms with van der Waals surface area (Å²) in [6.07, 6.45) is 0. The molecule has 0 saturated heterocycles. The van der Waals surface area contributed by atoms with E-state index in [1.54, 1.807) is 0 Å². The van der Waals surface area contributed by atoms with Gasteiger partial charge in [-0.05, 0) is 24.6 Å². The number of amides is 1. The topological polar surface area (TPSA) is 49.3 Å². The second kappa shape index (κ2) is 5.52. The number of rotatable bonds is 3. The smallest absolute Gasteiger partial charge is 0.254 e. The standard InChI is InChI=1S/C15H14FNO2/c1-10-2-4-11(5-3-10)9-17-15(19)13-7-6-12(18)8-14(13)16/h2-8,18H,9H2,1H3,(H,17,19). The summed E-state index contributed by atoms with van der Waals surface area (Å²) in [6.45, 7) is 2.31. The van der Waals surface area contributed by atoms with E-state index in [0.717, 1.165) is 17.2 Å². The van der Waals surface area contributed by atoms with Gasteiger partial charge in [-0.3, -0.25) is 4.79 Å². The van der Waals surface area contributed by atoms with Gasteiger partial charge in [0, 0.05) is 12.6 Å². The normalized spacial score (nSPS) is 10.2. The molecular weight excluding hydrogens is 245 g/mol. The van der Waals surface area contributed by atoms with Crippen molar-refractivity contribution in [3.05, 3.63) is 65.0 Å². The molecule has 0 unspecified atom stereocenters. The first-order valence-electron chi connectivity index (χ1n) is 5.88. The van der Waals surface area contributed by atoms with Gasteiger partial charge >= 0.3 is 0 Å². The van der Waals surface area contributed by atoms with E-state index in [0.29, 0.717) is 6.54 Å². The van der Waals surface area contributed by atoms with E-state index in [2.05, 4.69) is 5.32 Å². The number of aromatic hydroxyl groups is 1. The van der Waals surface area contributed by atoms with Gasteiger partial charge in [0.1, 0.15) is 11.6 Å². The summed E-state index contributed by atoms with van der Waals surface area (Å²) < 4.78 is 13.5. The molecule has 2 aromatic rings. The van der Waals surface area contributed by atoms with Crippen molar-refractivity contribution in [2.75, 3.05) is 0 Å². The monoisotopic (exact) mass is 259 g/mol. The van der Waals surface area contributed by atoms with Crippen molar-refractivity contribution < 1.29 is 14.3 Å². The van der Waals surface area contributed by atoms with Crippen LogP contribution in [0.2, 0.25) is 0 Å². The SMILES string of the molecule is Cc1ccc(CNC(=O)c2ccc(O)cc2F)cc1. The predicted molar refractivity (Wildman–Crippen MR) is 70.4 cm³/mol. The van der Waals surface area contributed by atoms with Crippen LogP contribution in [-0.2, 0) is 6.54 Å². The van der Waals surface area contributed by atoms with Crippen molar-refractivity contribution in [2.24, 2.45) is 0 Å². The van der Waals surface area contributed by atoms with E-state index >= 15 is 0 Å². The fourth-order valence-electron chi connectivity index (χ4n) is 1.67. The zero-order chi connectivity index (χ0) is 13.8. The van der Waals surface area contributed by atoms with Gasteiger partial charge in [0.25, 0.3) is 5.91 Å². The molecule has 0 aliphatic heterocycles. The Bertz CT molecular complexity index is 594. The fourth-order valence-corrected chi connectivity index (χ4v) is 1.67. The summed E-state index contributed by atoms with van der Waals surface area (Å²) in [6, 6.07) is 11.2. The average molecular weight is 259 g/mol. The Kier molecular flexibility index (Phi) is 3.80. The average Bonchev–Trinajstić information content (AvgIpc) is 2.37. The van der Waals surface area contributed by atoms with Crippen LogP contribution >= 0.6 is 0 Å². The maximum Gasteiger partial charge on any atom is 0.254 e. The van der Waals surface area contributed by atoms with Crippen LogP contribution in [0.5, 0.6) is 5.75 Å². The first-order valence-corrected chi connectivity index (χ1v) is 5.88. The number of hydrogen-bond donors (Lipinski definition) is 2. The Hall–Kier alpha value is -2.36. The number of hydrogen-bond acceptors (Lipinski definition) is 2. The summed E-state index contributed by atoms with van der Waals surface area (Å²) in [5, 5.41) is 11.7. The molecule has 0 bridgehead atoms. The van der Waals surface area contributed by atoms with E-state index in [9.17, 15) is 9.18 Å². The van der Waals surface area contributed by atoms with Crippen LogP contribution in [0.1, 0.15) is 21.5 Å². The zero-order valence-corrected chi connectivity index (χ0v) is 10.5. The van der Waals surface area contributed by atoms with Gasteiger partial charge in [-0.25, -0.2) is 4.39 Å². The van der Waals surface area contributed by atoms with Gasteiger partial charge in [0.2, 0.25) is 0 Å². The van der Waals surface area contributed by atoms with E-state index < -0.39 is 11.7 Å². The molecule has 3 nitrogen and oxygen atoms in total. The molecular formula is C15H14FNO2. The number of carbonyl (C=O) groups is 1. The highest BCUT2D eigenvalue weighted by Gasteiger charge is 2.11. The number of carbonyl (C=O) groups excluding carboxylic acids is 1. The summed E-state index contributed by atoms with van der Waals surface area (Å²) >= 11 is 0. The number of halogens is 1. The van der Waals surface area contributed by atoms with Crippen molar-refractivity contribution in [1.82, 2.24) is 5.32 Å². The molecule has 2 N–H and O–H groups in total. The highest BCUT2D eigenvalue weighted by molar-refractivity contribution is 5.94. The minimum absolute atomic E-state index is 0.0788. The Morgan fingerprint density at radius 3 is 2.53 bits per heavy atom. The second-order valence-electron chi connectivity index (χ2n) is 4.33. The third kappa shape index (κ3) is 3.31. The lowest BCUT2D eigenvalue weighted by Gasteiger charge is -2.07. The summed E-state index contributed by atoms with van der Waals surface area (Å²) in [7, 11) is 0. The van der Waals surface area contributed by atoms with Crippen molar-refractivity contribution in [3.8, 4) is 5.75 Å². The van der Waals surface area contributed by atoms with Gasteiger partial charge in [-0.1, -0.05) is 29.8 Å². The Morgan fingerprint density at radius 1 is 1.21 bits per heavy atom. The molecule has 0 saturated carbocycles. The lowest BCUT2D eigenvalue weighted by atomic mass is 10.1. The summed E-state index contributed by atoms with van der Waals surface area (Å²) in [4.78, 5) is 11.8. The maximum atomic E-state index is 13.5. The van der Waals surface area contributed by atoms with Gasteiger partial charge in [0.15, 0.2) is 0 Å². The van der Waals surface area contributed by atoms with Gasteiger partial charge in [0.05, 0.1) is 5.56 Å².